The van der Waals surface area contributed by atoms with E-state index in [1.165, 1.54) is 19.3 Å². The van der Waals surface area contributed by atoms with Crippen LogP contribution in [0, 0.1) is 0 Å². The Kier molecular flexibility index (Phi) is 6.49. The van der Waals surface area contributed by atoms with Crippen LogP contribution in [0.1, 0.15) is 51.9 Å². The van der Waals surface area contributed by atoms with Gasteiger partial charge in [0.1, 0.15) is 0 Å². The number of hydrogen-bond acceptors (Lipinski definition) is 3. The van der Waals surface area contributed by atoms with Gasteiger partial charge in [-0.05, 0) is 39.8 Å². The third-order valence-corrected chi connectivity index (χ3v) is 6.10. The molecule has 0 bridgehead atoms. The number of nitrogens with zero attached hydrogens (tertiary/aromatic N) is 3. The van der Waals surface area contributed by atoms with Gasteiger partial charge in [-0.25, -0.2) is 4.79 Å². The first-order chi connectivity index (χ1) is 11.4. The van der Waals surface area contributed by atoms with Crippen molar-refractivity contribution in [2.75, 3.05) is 40.8 Å². The second kappa shape index (κ2) is 8.19. The smallest absolute Gasteiger partial charge is 0.317 e. The first kappa shape index (κ1) is 19.0. The average molecular weight is 338 g/mol. The van der Waals surface area contributed by atoms with E-state index >= 15 is 0 Å². The summed E-state index contributed by atoms with van der Waals surface area (Å²) < 4.78 is 0. The monoisotopic (exact) mass is 338 g/mol. The van der Waals surface area contributed by atoms with E-state index in [0.717, 1.165) is 45.3 Å². The first-order valence-electron chi connectivity index (χ1n) is 9.29. The van der Waals surface area contributed by atoms with Crippen LogP contribution in [0.3, 0.4) is 0 Å². The molecule has 2 fully saturated rings. The largest absolute Gasteiger partial charge is 0.343 e. The lowest BCUT2D eigenvalue weighted by Gasteiger charge is -2.44. The highest BCUT2D eigenvalue weighted by atomic mass is 16.2. The highest BCUT2D eigenvalue weighted by molar-refractivity contribution is 5.75. The van der Waals surface area contributed by atoms with E-state index in [-0.39, 0.29) is 23.5 Å². The highest BCUT2D eigenvalue weighted by Gasteiger charge is 2.35. The Balaban J connectivity index is 1.82. The van der Waals surface area contributed by atoms with Crippen LogP contribution in [0.15, 0.2) is 0 Å². The van der Waals surface area contributed by atoms with Gasteiger partial charge in [-0.1, -0.05) is 19.3 Å². The van der Waals surface area contributed by atoms with Crippen molar-refractivity contribution in [3.63, 3.8) is 0 Å². The van der Waals surface area contributed by atoms with Gasteiger partial charge in [0.25, 0.3) is 0 Å². The second-order valence-electron chi connectivity index (χ2n) is 7.69. The van der Waals surface area contributed by atoms with Crippen LogP contribution in [0.2, 0.25) is 0 Å². The molecule has 1 aliphatic heterocycles. The Morgan fingerprint density at radius 3 is 2.17 bits per heavy atom. The predicted molar refractivity (Wildman–Crippen MR) is 95.9 cm³/mol. The fourth-order valence-electron chi connectivity index (χ4n) is 4.06. The molecule has 1 N–H and O–H groups in total. The van der Waals surface area contributed by atoms with Gasteiger partial charge in [-0.15, -0.1) is 0 Å². The van der Waals surface area contributed by atoms with Crippen LogP contribution in [0.4, 0.5) is 4.79 Å². The number of nitrogens with one attached hydrogen (secondary N) is 1. The summed E-state index contributed by atoms with van der Waals surface area (Å²) in [4.78, 5) is 30.0. The number of hydrogen-bond donors (Lipinski definition) is 1. The maximum atomic E-state index is 12.5. The lowest BCUT2D eigenvalue weighted by molar-refractivity contribution is -0.130. The van der Waals surface area contributed by atoms with Gasteiger partial charge in [-0.3, -0.25) is 4.79 Å². The molecule has 3 amide bonds. The molecule has 0 aromatic carbocycles. The number of rotatable bonds is 4. The van der Waals surface area contributed by atoms with Crippen molar-refractivity contribution in [2.45, 2.75) is 63.5 Å². The number of likely N-dealkylation sites (N-methyl/N-ethyl adjacent to an activating group) is 1. The Bertz CT molecular complexity index is 438. The lowest BCUT2D eigenvalue weighted by atomic mass is 9.80. The van der Waals surface area contributed by atoms with Crippen molar-refractivity contribution in [2.24, 2.45) is 0 Å². The molecule has 0 atom stereocenters. The van der Waals surface area contributed by atoms with Gasteiger partial charge in [0.15, 0.2) is 0 Å². The number of urea groups is 1. The van der Waals surface area contributed by atoms with Gasteiger partial charge >= 0.3 is 6.03 Å². The summed E-state index contributed by atoms with van der Waals surface area (Å²) in [7, 11) is 6.10. The molecule has 1 saturated carbocycles. The van der Waals surface area contributed by atoms with Gasteiger partial charge in [0.05, 0.1) is 0 Å². The molecule has 1 aliphatic carbocycles. The minimum atomic E-state index is 0.0470. The minimum absolute atomic E-state index is 0.0470. The van der Waals surface area contributed by atoms with Crippen molar-refractivity contribution in [1.29, 1.82) is 0 Å². The predicted octanol–water partition coefficient (Wildman–Crippen LogP) is 1.90. The summed E-state index contributed by atoms with van der Waals surface area (Å²) in [6.45, 7) is 3.78. The number of carbonyl (C=O) groups is 2. The fourth-order valence-corrected chi connectivity index (χ4v) is 4.06. The molecular formula is C18H34N4O2. The summed E-state index contributed by atoms with van der Waals surface area (Å²) in [6, 6.07) is 0.309. The molecule has 1 heterocycles. The molecule has 24 heavy (non-hydrogen) atoms. The Morgan fingerprint density at radius 1 is 1.08 bits per heavy atom. The van der Waals surface area contributed by atoms with E-state index in [1.807, 2.05) is 11.9 Å². The quantitative estimate of drug-likeness (QED) is 0.852. The number of piperidine rings is 1. The Morgan fingerprint density at radius 2 is 1.67 bits per heavy atom. The zero-order valence-corrected chi connectivity index (χ0v) is 15.8. The fraction of sp³-hybridized carbons (Fsp3) is 0.889. The molecule has 2 rings (SSSR count). The van der Waals surface area contributed by atoms with E-state index in [9.17, 15) is 9.59 Å². The van der Waals surface area contributed by atoms with Crippen LogP contribution in [0.25, 0.3) is 0 Å². The molecule has 0 aromatic heterocycles. The topological polar surface area (TPSA) is 55.9 Å². The van der Waals surface area contributed by atoms with Crippen LogP contribution in [-0.2, 0) is 4.79 Å². The van der Waals surface area contributed by atoms with Gasteiger partial charge in [0.2, 0.25) is 5.91 Å². The van der Waals surface area contributed by atoms with E-state index in [1.54, 1.807) is 11.8 Å². The zero-order valence-electron chi connectivity index (χ0n) is 15.8. The molecule has 138 valence electrons. The van der Waals surface area contributed by atoms with Crippen molar-refractivity contribution >= 4 is 11.9 Å². The summed E-state index contributed by atoms with van der Waals surface area (Å²) in [5.74, 6) is 0.100. The van der Waals surface area contributed by atoms with Gasteiger partial charge in [0, 0.05) is 45.2 Å². The molecule has 2 aliphatic rings. The van der Waals surface area contributed by atoms with E-state index in [2.05, 4.69) is 24.3 Å². The summed E-state index contributed by atoms with van der Waals surface area (Å²) in [5.41, 5.74) is 0.112. The van der Waals surface area contributed by atoms with Crippen molar-refractivity contribution in [3.05, 3.63) is 0 Å². The molecule has 0 radical (unpaired) electrons. The van der Waals surface area contributed by atoms with Gasteiger partial charge < -0.3 is 20.0 Å². The third kappa shape index (κ3) is 4.41. The summed E-state index contributed by atoms with van der Waals surface area (Å²) in [6.07, 6.45) is 7.84. The van der Waals surface area contributed by atoms with Crippen molar-refractivity contribution in [3.8, 4) is 0 Å². The third-order valence-electron chi connectivity index (χ3n) is 6.10. The standard InChI is InChI=1S/C18H34N4O2/c1-15(23)21(4)16-8-12-22(13-9-16)17(24)19-14-18(20(2)3)10-6-5-7-11-18/h16H,5-14H2,1-4H3,(H,19,24). The lowest BCUT2D eigenvalue weighted by Crippen LogP contribution is -2.56. The Labute approximate surface area is 146 Å². The summed E-state index contributed by atoms with van der Waals surface area (Å²) in [5, 5.41) is 3.18. The van der Waals surface area contributed by atoms with E-state index in [0.29, 0.717) is 0 Å². The average Bonchev–Trinajstić information content (AvgIpc) is 2.59. The maximum Gasteiger partial charge on any atom is 0.317 e. The number of carbonyl (C=O) groups excluding carboxylic acids is 2. The minimum Gasteiger partial charge on any atom is -0.343 e. The number of likely N-dealkylation sites (tertiary alicyclic amines) is 1. The molecule has 6 heteroatoms. The van der Waals surface area contributed by atoms with E-state index < -0.39 is 0 Å². The summed E-state index contributed by atoms with van der Waals surface area (Å²) >= 11 is 0. The van der Waals surface area contributed by atoms with Crippen LogP contribution < -0.4 is 5.32 Å². The van der Waals surface area contributed by atoms with E-state index in [4.69, 9.17) is 0 Å². The Hall–Kier alpha value is -1.30. The number of amides is 3. The normalized spacial score (nSPS) is 21.6. The second-order valence-corrected chi connectivity index (χ2v) is 7.69. The van der Waals surface area contributed by atoms with Gasteiger partial charge in [-0.2, -0.15) is 0 Å². The highest BCUT2D eigenvalue weighted by Crippen LogP contribution is 2.31. The molecule has 6 nitrogen and oxygen atoms in total. The molecule has 1 saturated heterocycles. The van der Waals surface area contributed by atoms with Crippen LogP contribution >= 0.6 is 0 Å². The zero-order chi connectivity index (χ0) is 17.7. The SMILES string of the molecule is CC(=O)N(C)C1CCN(C(=O)NCC2(N(C)C)CCCCC2)CC1. The van der Waals surface area contributed by atoms with Crippen LogP contribution in [-0.4, -0.2) is 79.0 Å². The molecular weight excluding hydrogens is 304 g/mol. The molecule has 0 spiro atoms. The van der Waals surface area contributed by atoms with Crippen molar-refractivity contribution in [1.82, 2.24) is 20.0 Å². The maximum absolute atomic E-state index is 12.5. The first-order valence-corrected chi connectivity index (χ1v) is 9.29. The molecule has 0 aromatic rings. The van der Waals surface area contributed by atoms with Crippen molar-refractivity contribution < 1.29 is 9.59 Å². The molecule has 0 unspecified atom stereocenters. The van der Waals surface area contributed by atoms with Crippen LogP contribution in [0.5, 0.6) is 0 Å².